The summed E-state index contributed by atoms with van der Waals surface area (Å²) in [6, 6.07) is 51.5. The first-order chi connectivity index (χ1) is 19.8. The molecule has 0 aliphatic heterocycles. The third kappa shape index (κ3) is 3.03. The van der Waals surface area contributed by atoms with E-state index in [1.54, 1.807) is 0 Å². The van der Waals surface area contributed by atoms with Crippen molar-refractivity contribution in [3.63, 3.8) is 0 Å². The number of benzene rings is 7. The highest BCUT2D eigenvalue weighted by Gasteiger charge is 2.19. The van der Waals surface area contributed by atoms with Gasteiger partial charge in [-0.25, -0.2) is 0 Å². The molecule has 0 fully saturated rings. The van der Waals surface area contributed by atoms with Crippen LogP contribution in [0, 0.1) is 0 Å². The smallest absolute Gasteiger partial charge is 0.0547 e. The minimum atomic E-state index is 1.03. The van der Waals surface area contributed by atoms with Crippen molar-refractivity contribution >= 4 is 43.4 Å². The predicted octanol–water partition coefficient (Wildman–Crippen LogP) is 10.3. The molecule has 0 amide bonds. The van der Waals surface area contributed by atoms with Crippen molar-refractivity contribution in [3.8, 4) is 27.9 Å². The van der Waals surface area contributed by atoms with Gasteiger partial charge >= 0.3 is 0 Å². The van der Waals surface area contributed by atoms with E-state index < -0.39 is 0 Å². The lowest BCUT2D eigenvalue weighted by atomic mass is 9.98. The van der Waals surface area contributed by atoms with E-state index >= 15 is 0 Å². The Morgan fingerprint density at radius 1 is 0.425 bits per heavy atom. The molecule has 0 N–H and O–H groups in total. The normalized spacial score (nSPS) is 12.4. The summed E-state index contributed by atoms with van der Waals surface area (Å²) in [4.78, 5) is 0. The van der Waals surface area contributed by atoms with Crippen LogP contribution >= 0.6 is 0 Å². The van der Waals surface area contributed by atoms with Gasteiger partial charge in [0.1, 0.15) is 0 Å². The van der Waals surface area contributed by atoms with E-state index in [2.05, 4.69) is 144 Å². The zero-order valence-corrected chi connectivity index (χ0v) is 21.9. The summed E-state index contributed by atoms with van der Waals surface area (Å²) in [6.07, 6.45) is 1.03. The van der Waals surface area contributed by atoms with Crippen LogP contribution in [-0.2, 0) is 6.42 Å². The Kier molecular flexibility index (Phi) is 4.45. The van der Waals surface area contributed by atoms with Gasteiger partial charge < -0.3 is 4.57 Å². The molecule has 1 heteroatoms. The molecule has 8 aromatic rings. The summed E-state index contributed by atoms with van der Waals surface area (Å²) in [5.41, 5.74) is 11.8. The fourth-order valence-corrected chi connectivity index (χ4v) is 6.93. The number of hydrogen-bond acceptors (Lipinski definition) is 0. The van der Waals surface area contributed by atoms with E-state index in [1.165, 1.54) is 82.4 Å². The van der Waals surface area contributed by atoms with Gasteiger partial charge in [-0.1, -0.05) is 109 Å². The van der Waals surface area contributed by atoms with Crippen molar-refractivity contribution in [2.24, 2.45) is 0 Å². The monoisotopic (exact) mass is 507 g/mol. The molecule has 0 bridgehead atoms. The first-order valence-corrected chi connectivity index (χ1v) is 14.0. The first kappa shape index (κ1) is 21.8. The molecule has 7 aromatic carbocycles. The standard InChI is InChI=1S/C39H25N/c1-5-11-33-26(7-1)17-21-36-38(33)39-34-12-6-2-8-27(34)18-22-37(39)40(36)31-19-15-25(16-20-31)28-13-14-30-23-29-9-3-4-10-32(29)35(30)24-28/h1-22,24H,23H2. The van der Waals surface area contributed by atoms with Crippen LogP contribution < -0.4 is 0 Å². The lowest BCUT2D eigenvalue weighted by molar-refractivity contribution is 1.18. The number of nitrogens with zero attached hydrogens (tertiary/aromatic N) is 1. The van der Waals surface area contributed by atoms with Crippen molar-refractivity contribution < 1.29 is 0 Å². The molecule has 0 atom stereocenters. The highest BCUT2D eigenvalue weighted by molar-refractivity contribution is 6.28. The molecule has 1 aromatic heterocycles. The molecule has 9 rings (SSSR count). The summed E-state index contributed by atoms with van der Waals surface area (Å²) in [5.74, 6) is 0. The minimum absolute atomic E-state index is 1.03. The predicted molar refractivity (Wildman–Crippen MR) is 169 cm³/mol. The second-order valence-corrected chi connectivity index (χ2v) is 10.9. The van der Waals surface area contributed by atoms with Gasteiger partial charge in [0.05, 0.1) is 11.0 Å². The van der Waals surface area contributed by atoms with Crippen molar-refractivity contribution in [3.05, 3.63) is 151 Å². The lowest BCUT2D eigenvalue weighted by Crippen LogP contribution is -1.94. The second-order valence-electron chi connectivity index (χ2n) is 10.9. The highest BCUT2D eigenvalue weighted by atomic mass is 15.0. The van der Waals surface area contributed by atoms with Crippen molar-refractivity contribution in [2.75, 3.05) is 0 Å². The zero-order chi connectivity index (χ0) is 26.2. The molecular weight excluding hydrogens is 482 g/mol. The van der Waals surface area contributed by atoms with Gasteiger partial charge in [0.25, 0.3) is 0 Å². The van der Waals surface area contributed by atoms with Crippen LogP contribution in [0.25, 0.3) is 71.3 Å². The van der Waals surface area contributed by atoms with Crippen LogP contribution in [0.4, 0.5) is 0 Å². The lowest BCUT2D eigenvalue weighted by Gasteiger charge is -2.11. The van der Waals surface area contributed by atoms with E-state index in [9.17, 15) is 0 Å². The Bertz CT molecular complexity index is 2190. The fraction of sp³-hybridized carbons (Fsp3) is 0.0256. The van der Waals surface area contributed by atoms with E-state index in [-0.39, 0.29) is 0 Å². The van der Waals surface area contributed by atoms with Crippen LogP contribution in [0.15, 0.2) is 140 Å². The van der Waals surface area contributed by atoms with Crippen LogP contribution in [0.3, 0.4) is 0 Å². The minimum Gasteiger partial charge on any atom is -0.309 e. The van der Waals surface area contributed by atoms with E-state index in [4.69, 9.17) is 0 Å². The molecule has 1 aliphatic carbocycles. The first-order valence-electron chi connectivity index (χ1n) is 14.0. The van der Waals surface area contributed by atoms with Gasteiger partial charge in [0.15, 0.2) is 0 Å². The van der Waals surface area contributed by atoms with Gasteiger partial charge in [0.2, 0.25) is 0 Å². The maximum absolute atomic E-state index is 2.44. The molecule has 186 valence electrons. The Morgan fingerprint density at radius 2 is 1.00 bits per heavy atom. The average molecular weight is 508 g/mol. The van der Waals surface area contributed by atoms with Crippen molar-refractivity contribution in [1.29, 1.82) is 0 Å². The van der Waals surface area contributed by atoms with Crippen LogP contribution in [0.2, 0.25) is 0 Å². The number of fused-ring (bicyclic) bond motifs is 10. The molecule has 40 heavy (non-hydrogen) atoms. The Morgan fingerprint density at radius 3 is 1.70 bits per heavy atom. The fourth-order valence-electron chi connectivity index (χ4n) is 6.93. The van der Waals surface area contributed by atoms with Gasteiger partial charge in [-0.05, 0) is 91.7 Å². The third-order valence-electron chi connectivity index (χ3n) is 8.80. The molecule has 1 nitrogen and oxygen atoms in total. The van der Waals surface area contributed by atoms with Crippen LogP contribution in [0.1, 0.15) is 11.1 Å². The summed E-state index contributed by atoms with van der Waals surface area (Å²) in [7, 11) is 0. The molecule has 0 radical (unpaired) electrons. The zero-order valence-electron chi connectivity index (χ0n) is 21.9. The molecular formula is C39H25N. The molecule has 1 aliphatic rings. The molecule has 0 saturated carbocycles. The van der Waals surface area contributed by atoms with Crippen molar-refractivity contribution in [1.82, 2.24) is 4.57 Å². The van der Waals surface area contributed by atoms with Gasteiger partial charge in [-0.3, -0.25) is 0 Å². The Balaban J connectivity index is 1.25. The largest absolute Gasteiger partial charge is 0.309 e. The second kappa shape index (κ2) is 8.18. The van der Waals surface area contributed by atoms with Crippen LogP contribution in [-0.4, -0.2) is 4.57 Å². The number of aromatic nitrogens is 1. The summed E-state index contributed by atoms with van der Waals surface area (Å²) < 4.78 is 2.44. The maximum atomic E-state index is 2.44. The summed E-state index contributed by atoms with van der Waals surface area (Å²) in [6.45, 7) is 0. The molecule has 0 spiro atoms. The summed E-state index contributed by atoms with van der Waals surface area (Å²) >= 11 is 0. The summed E-state index contributed by atoms with van der Waals surface area (Å²) in [5, 5.41) is 7.80. The average Bonchev–Trinajstić information content (AvgIpc) is 3.57. The molecule has 1 heterocycles. The van der Waals surface area contributed by atoms with Gasteiger partial charge in [-0.15, -0.1) is 0 Å². The van der Waals surface area contributed by atoms with E-state index in [0.29, 0.717) is 0 Å². The molecule has 0 unspecified atom stereocenters. The maximum Gasteiger partial charge on any atom is 0.0547 e. The Hall–Kier alpha value is -5.14. The van der Waals surface area contributed by atoms with Gasteiger partial charge in [-0.2, -0.15) is 0 Å². The number of hydrogen-bond donors (Lipinski definition) is 0. The topological polar surface area (TPSA) is 4.93 Å². The van der Waals surface area contributed by atoms with Gasteiger partial charge in [0, 0.05) is 16.5 Å². The third-order valence-corrected chi connectivity index (χ3v) is 8.80. The molecule has 0 saturated heterocycles. The SMILES string of the molecule is c1ccc2c(c1)Cc1ccc(-c3ccc(-n4c5ccc6ccccc6c5c5c6ccccc6ccc54)cc3)cc1-2. The van der Waals surface area contributed by atoms with E-state index in [1.807, 2.05) is 0 Å². The Labute approximate surface area is 232 Å². The van der Waals surface area contributed by atoms with Crippen LogP contribution in [0.5, 0.6) is 0 Å². The van der Waals surface area contributed by atoms with Crippen molar-refractivity contribution in [2.45, 2.75) is 6.42 Å². The number of rotatable bonds is 2. The van der Waals surface area contributed by atoms with E-state index in [0.717, 1.165) is 6.42 Å². The highest BCUT2D eigenvalue weighted by Crippen LogP contribution is 2.41. The quantitative estimate of drug-likeness (QED) is 0.219.